The van der Waals surface area contributed by atoms with Crippen LogP contribution in [0, 0.1) is 5.92 Å². The van der Waals surface area contributed by atoms with E-state index in [-0.39, 0.29) is 12.1 Å². The minimum absolute atomic E-state index is 0.0878. The summed E-state index contributed by atoms with van der Waals surface area (Å²) >= 11 is 0. The number of ether oxygens (including phenoxy) is 1. The second kappa shape index (κ2) is 4.81. The summed E-state index contributed by atoms with van der Waals surface area (Å²) in [6.07, 6.45) is -0.366. The van der Waals surface area contributed by atoms with E-state index in [1.54, 1.807) is 0 Å². The van der Waals surface area contributed by atoms with Crippen LogP contribution in [0.3, 0.4) is 0 Å². The number of alkyl carbamates (subject to hydrolysis) is 1. The van der Waals surface area contributed by atoms with Gasteiger partial charge in [-0.3, -0.25) is 0 Å². The first kappa shape index (κ1) is 12.3. The van der Waals surface area contributed by atoms with Crippen LogP contribution in [-0.2, 0) is 4.74 Å². The van der Waals surface area contributed by atoms with Crippen molar-refractivity contribution in [2.24, 2.45) is 11.7 Å². The molecule has 88 valence electrons. The number of hydrogen-bond acceptors (Lipinski definition) is 4. The summed E-state index contributed by atoms with van der Waals surface area (Å²) in [5.74, 6) is 0.303. The Balaban J connectivity index is 2.37. The average molecular weight is 215 g/mol. The molecule has 1 rings (SSSR count). The van der Waals surface area contributed by atoms with Crippen LogP contribution in [0.5, 0.6) is 0 Å². The highest BCUT2D eigenvalue weighted by Gasteiger charge is 2.28. The molecule has 0 radical (unpaired) electrons. The molecular formula is C10H21N3O2. The maximum absolute atomic E-state index is 11.5. The molecule has 0 bridgehead atoms. The minimum atomic E-state index is -0.450. The molecule has 4 N–H and O–H groups in total. The Hall–Kier alpha value is -0.810. The maximum Gasteiger partial charge on any atom is 0.407 e. The second-order valence-electron chi connectivity index (χ2n) is 4.91. The Morgan fingerprint density at radius 1 is 1.53 bits per heavy atom. The molecule has 1 saturated heterocycles. The van der Waals surface area contributed by atoms with E-state index in [2.05, 4.69) is 10.6 Å². The number of carbonyl (C=O) groups is 1. The average Bonchev–Trinajstić information content (AvgIpc) is 2.48. The van der Waals surface area contributed by atoms with Gasteiger partial charge in [0.1, 0.15) is 5.60 Å². The lowest BCUT2D eigenvalue weighted by Crippen LogP contribution is -2.44. The predicted molar refractivity (Wildman–Crippen MR) is 58.6 cm³/mol. The first-order chi connectivity index (χ1) is 6.92. The number of hydrogen-bond donors (Lipinski definition) is 3. The fourth-order valence-electron chi connectivity index (χ4n) is 1.61. The first-order valence-corrected chi connectivity index (χ1v) is 5.32. The Bertz CT molecular complexity index is 225. The summed E-state index contributed by atoms with van der Waals surface area (Å²) in [5, 5.41) is 6.02. The molecule has 5 nitrogen and oxygen atoms in total. The van der Waals surface area contributed by atoms with Gasteiger partial charge in [0.2, 0.25) is 0 Å². The van der Waals surface area contributed by atoms with Crippen molar-refractivity contribution in [3.63, 3.8) is 0 Å². The van der Waals surface area contributed by atoms with E-state index in [1.807, 2.05) is 20.8 Å². The Kier molecular flexibility index (Phi) is 3.93. The molecule has 0 aromatic carbocycles. The highest BCUT2D eigenvalue weighted by atomic mass is 16.6. The zero-order chi connectivity index (χ0) is 11.5. The van der Waals surface area contributed by atoms with Crippen LogP contribution in [0.1, 0.15) is 20.8 Å². The van der Waals surface area contributed by atoms with Gasteiger partial charge < -0.3 is 21.1 Å². The fourth-order valence-corrected chi connectivity index (χ4v) is 1.61. The van der Waals surface area contributed by atoms with E-state index >= 15 is 0 Å². The van der Waals surface area contributed by atoms with Crippen LogP contribution in [0.25, 0.3) is 0 Å². The van der Waals surface area contributed by atoms with Gasteiger partial charge in [-0.05, 0) is 27.3 Å². The Labute approximate surface area is 90.7 Å². The topological polar surface area (TPSA) is 76.4 Å². The third kappa shape index (κ3) is 4.05. The molecule has 1 aliphatic rings. The molecule has 0 spiro atoms. The largest absolute Gasteiger partial charge is 0.444 e. The van der Waals surface area contributed by atoms with Crippen molar-refractivity contribution in [1.82, 2.24) is 10.6 Å². The molecule has 1 heterocycles. The lowest BCUT2D eigenvalue weighted by molar-refractivity contribution is 0.0498. The third-order valence-corrected chi connectivity index (χ3v) is 2.34. The second-order valence-corrected chi connectivity index (χ2v) is 4.91. The third-order valence-electron chi connectivity index (χ3n) is 2.34. The van der Waals surface area contributed by atoms with Gasteiger partial charge in [0.05, 0.1) is 0 Å². The molecule has 2 atom stereocenters. The van der Waals surface area contributed by atoms with E-state index in [0.29, 0.717) is 12.5 Å². The van der Waals surface area contributed by atoms with E-state index in [0.717, 1.165) is 13.1 Å². The SMILES string of the molecule is CC(C)(C)OC(=O)N[C@@H]1CNC[C@H]1CN. The van der Waals surface area contributed by atoms with Crippen molar-refractivity contribution >= 4 is 6.09 Å². The van der Waals surface area contributed by atoms with Gasteiger partial charge in [-0.2, -0.15) is 0 Å². The summed E-state index contributed by atoms with van der Waals surface area (Å²) < 4.78 is 5.17. The molecule has 0 unspecified atom stereocenters. The maximum atomic E-state index is 11.5. The highest BCUT2D eigenvalue weighted by molar-refractivity contribution is 5.68. The quantitative estimate of drug-likeness (QED) is 0.608. The normalized spacial score (nSPS) is 26.4. The van der Waals surface area contributed by atoms with Crippen LogP contribution in [0.4, 0.5) is 4.79 Å². The molecule has 0 aliphatic carbocycles. The van der Waals surface area contributed by atoms with Crippen LogP contribution in [-0.4, -0.2) is 37.4 Å². The van der Waals surface area contributed by atoms with Crippen LogP contribution < -0.4 is 16.4 Å². The smallest absolute Gasteiger partial charge is 0.407 e. The Morgan fingerprint density at radius 2 is 2.20 bits per heavy atom. The fraction of sp³-hybridized carbons (Fsp3) is 0.900. The lowest BCUT2D eigenvalue weighted by atomic mass is 10.0. The summed E-state index contributed by atoms with van der Waals surface area (Å²) in [6.45, 7) is 7.74. The standard InChI is InChI=1S/C10H21N3O2/c1-10(2,3)15-9(14)13-8-6-12-5-7(8)4-11/h7-8,12H,4-6,11H2,1-3H3,(H,13,14)/t7-,8-/m1/s1. The molecule has 5 heteroatoms. The Morgan fingerprint density at radius 3 is 2.73 bits per heavy atom. The number of nitrogens with two attached hydrogens (primary N) is 1. The summed E-state index contributed by atoms with van der Waals surface area (Å²) in [7, 11) is 0. The van der Waals surface area contributed by atoms with Crippen LogP contribution >= 0.6 is 0 Å². The van der Waals surface area contributed by atoms with E-state index in [9.17, 15) is 4.79 Å². The van der Waals surface area contributed by atoms with Crippen molar-refractivity contribution in [3.05, 3.63) is 0 Å². The van der Waals surface area contributed by atoms with E-state index < -0.39 is 5.60 Å². The first-order valence-electron chi connectivity index (χ1n) is 5.32. The summed E-state index contributed by atoms with van der Waals surface area (Å²) in [5.41, 5.74) is 5.14. The van der Waals surface area contributed by atoms with Crippen molar-refractivity contribution in [2.75, 3.05) is 19.6 Å². The van der Waals surface area contributed by atoms with Gasteiger partial charge in [0, 0.05) is 25.0 Å². The van der Waals surface area contributed by atoms with Crippen molar-refractivity contribution in [1.29, 1.82) is 0 Å². The molecule has 1 aliphatic heterocycles. The van der Waals surface area contributed by atoms with Gasteiger partial charge in [-0.25, -0.2) is 4.79 Å². The molecule has 0 saturated carbocycles. The number of amides is 1. The van der Waals surface area contributed by atoms with E-state index in [1.165, 1.54) is 0 Å². The summed E-state index contributed by atoms with van der Waals surface area (Å²) in [4.78, 5) is 11.5. The zero-order valence-electron chi connectivity index (χ0n) is 9.67. The number of carbonyl (C=O) groups excluding carboxylic acids is 1. The number of nitrogens with one attached hydrogen (secondary N) is 2. The lowest BCUT2D eigenvalue weighted by Gasteiger charge is -2.23. The van der Waals surface area contributed by atoms with Crippen molar-refractivity contribution in [3.8, 4) is 0 Å². The molecule has 0 aromatic rings. The van der Waals surface area contributed by atoms with Gasteiger partial charge in [-0.1, -0.05) is 0 Å². The van der Waals surface area contributed by atoms with Crippen molar-refractivity contribution in [2.45, 2.75) is 32.4 Å². The molecule has 0 aromatic heterocycles. The van der Waals surface area contributed by atoms with Crippen LogP contribution in [0.2, 0.25) is 0 Å². The highest BCUT2D eigenvalue weighted by Crippen LogP contribution is 2.10. The minimum Gasteiger partial charge on any atom is -0.444 e. The van der Waals surface area contributed by atoms with Gasteiger partial charge in [0.15, 0.2) is 0 Å². The van der Waals surface area contributed by atoms with Gasteiger partial charge >= 0.3 is 6.09 Å². The molecule has 15 heavy (non-hydrogen) atoms. The van der Waals surface area contributed by atoms with Gasteiger partial charge in [-0.15, -0.1) is 0 Å². The predicted octanol–water partition coefficient (Wildman–Crippen LogP) is 0.0578. The molecular weight excluding hydrogens is 194 g/mol. The molecule has 1 amide bonds. The number of rotatable bonds is 2. The van der Waals surface area contributed by atoms with E-state index in [4.69, 9.17) is 10.5 Å². The summed E-state index contributed by atoms with van der Waals surface area (Å²) in [6, 6.07) is 0.0878. The van der Waals surface area contributed by atoms with Crippen molar-refractivity contribution < 1.29 is 9.53 Å². The monoisotopic (exact) mass is 215 g/mol. The zero-order valence-corrected chi connectivity index (χ0v) is 9.67. The molecule has 1 fully saturated rings. The van der Waals surface area contributed by atoms with Gasteiger partial charge in [0.25, 0.3) is 0 Å². The van der Waals surface area contributed by atoms with Crippen LogP contribution in [0.15, 0.2) is 0 Å².